The number of hydrogen-bond donors (Lipinski definition) is 0. The summed E-state index contributed by atoms with van der Waals surface area (Å²) in [6.07, 6.45) is 1.66. The highest BCUT2D eigenvalue weighted by Gasteiger charge is 2.50. The minimum Gasteiger partial charge on any atom is -0.468 e. The largest absolute Gasteiger partial charge is 0.468 e. The summed E-state index contributed by atoms with van der Waals surface area (Å²) in [5.74, 6) is -0.533. The molecular formula is C13H13ClO3. The molecule has 1 aromatic carbocycles. The van der Waals surface area contributed by atoms with Gasteiger partial charge in [-0.3, -0.25) is 9.59 Å². The number of esters is 1. The lowest BCUT2D eigenvalue weighted by Gasteiger charge is -2.24. The highest BCUT2D eigenvalue weighted by Crippen LogP contribution is 2.39. The van der Waals surface area contributed by atoms with Crippen LogP contribution in [0.3, 0.4) is 0 Å². The molecule has 0 amide bonds. The summed E-state index contributed by atoms with van der Waals surface area (Å²) in [4.78, 5) is 24.0. The zero-order valence-corrected chi connectivity index (χ0v) is 10.3. The second-order valence-electron chi connectivity index (χ2n) is 4.18. The second-order valence-corrected chi connectivity index (χ2v) is 4.62. The van der Waals surface area contributed by atoms with Crippen molar-refractivity contribution in [2.24, 2.45) is 0 Å². The average molecular weight is 253 g/mol. The van der Waals surface area contributed by atoms with E-state index in [-0.39, 0.29) is 5.78 Å². The van der Waals surface area contributed by atoms with Gasteiger partial charge in [0.25, 0.3) is 0 Å². The van der Waals surface area contributed by atoms with Gasteiger partial charge in [-0.15, -0.1) is 0 Å². The normalized spacial score (nSPS) is 23.8. The van der Waals surface area contributed by atoms with Crippen molar-refractivity contribution in [1.29, 1.82) is 0 Å². The fourth-order valence-electron chi connectivity index (χ4n) is 2.41. The van der Waals surface area contributed by atoms with E-state index in [9.17, 15) is 9.59 Å². The first kappa shape index (κ1) is 12.1. The predicted octanol–water partition coefficient (Wildman–Crippen LogP) is 2.50. The third kappa shape index (κ3) is 1.84. The molecule has 0 radical (unpaired) electrons. The number of ether oxygens (including phenoxy) is 1. The Kier molecular flexibility index (Phi) is 3.20. The van der Waals surface area contributed by atoms with Gasteiger partial charge >= 0.3 is 5.97 Å². The van der Waals surface area contributed by atoms with Gasteiger partial charge in [-0.1, -0.05) is 23.7 Å². The van der Waals surface area contributed by atoms with Crippen molar-refractivity contribution in [3.8, 4) is 0 Å². The minimum atomic E-state index is -1.11. The van der Waals surface area contributed by atoms with Crippen LogP contribution in [0.1, 0.15) is 24.8 Å². The van der Waals surface area contributed by atoms with Crippen LogP contribution in [0.25, 0.3) is 0 Å². The zero-order chi connectivity index (χ0) is 12.5. The summed E-state index contributed by atoms with van der Waals surface area (Å²) in [5.41, 5.74) is -0.435. The lowest BCUT2D eigenvalue weighted by atomic mass is 9.78. The minimum absolute atomic E-state index is 0.0633. The van der Waals surface area contributed by atoms with Gasteiger partial charge < -0.3 is 4.74 Å². The Hall–Kier alpha value is -1.35. The Morgan fingerprint density at radius 3 is 2.47 bits per heavy atom. The van der Waals surface area contributed by atoms with E-state index in [1.807, 2.05) is 0 Å². The fraction of sp³-hybridized carbons (Fsp3) is 0.385. The second kappa shape index (κ2) is 4.49. The Labute approximate surface area is 105 Å². The van der Waals surface area contributed by atoms with Gasteiger partial charge in [0.15, 0.2) is 11.2 Å². The molecule has 0 saturated heterocycles. The first-order valence-electron chi connectivity index (χ1n) is 5.49. The molecule has 3 nitrogen and oxygen atoms in total. The molecule has 1 aliphatic carbocycles. The van der Waals surface area contributed by atoms with Crippen LogP contribution >= 0.6 is 11.6 Å². The van der Waals surface area contributed by atoms with E-state index in [1.54, 1.807) is 24.3 Å². The van der Waals surface area contributed by atoms with Crippen molar-refractivity contribution < 1.29 is 14.3 Å². The molecule has 1 fully saturated rings. The molecule has 0 bridgehead atoms. The third-order valence-electron chi connectivity index (χ3n) is 3.30. The average Bonchev–Trinajstić information content (AvgIpc) is 2.72. The van der Waals surface area contributed by atoms with Gasteiger partial charge in [0.1, 0.15) is 0 Å². The molecule has 0 aliphatic heterocycles. The lowest BCUT2D eigenvalue weighted by Crippen LogP contribution is -2.40. The van der Waals surface area contributed by atoms with Gasteiger partial charge in [0.05, 0.1) is 7.11 Å². The van der Waals surface area contributed by atoms with E-state index in [4.69, 9.17) is 16.3 Å². The quantitative estimate of drug-likeness (QED) is 0.600. The number of rotatable bonds is 2. The Bertz CT molecular complexity index is 452. The Morgan fingerprint density at radius 1 is 1.35 bits per heavy atom. The predicted molar refractivity (Wildman–Crippen MR) is 64.0 cm³/mol. The molecule has 0 aromatic heterocycles. The number of carbonyl (C=O) groups excluding carboxylic acids is 2. The van der Waals surface area contributed by atoms with Gasteiger partial charge in [-0.05, 0) is 30.5 Å². The van der Waals surface area contributed by atoms with Gasteiger partial charge in [-0.25, -0.2) is 0 Å². The smallest absolute Gasteiger partial charge is 0.323 e. The Balaban J connectivity index is 2.51. The highest BCUT2D eigenvalue weighted by atomic mass is 35.5. The number of carbonyl (C=O) groups is 2. The van der Waals surface area contributed by atoms with E-state index < -0.39 is 11.4 Å². The fourth-order valence-corrected chi connectivity index (χ4v) is 2.54. The van der Waals surface area contributed by atoms with Crippen molar-refractivity contribution >= 4 is 23.4 Å². The highest BCUT2D eigenvalue weighted by molar-refractivity contribution is 6.30. The molecule has 0 N–H and O–H groups in total. The molecule has 2 rings (SSSR count). The van der Waals surface area contributed by atoms with Crippen LogP contribution in [0.2, 0.25) is 5.02 Å². The van der Waals surface area contributed by atoms with Crippen molar-refractivity contribution in [3.05, 3.63) is 34.9 Å². The summed E-state index contributed by atoms with van der Waals surface area (Å²) < 4.78 is 4.80. The summed E-state index contributed by atoms with van der Waals surface area (Å²) in [5, 5.41) is 0.583. The van der Waals surface area contributed by atoms with Crippen LogP contribution in [0.15, 0.2) is 24.3 Å². The topological polar surface area (TPSA) is 43.4 Å². The summed E-state index contributed by atoms with van der Waals surface area (Å²) in [6, 6.07) is 6.82. The van der Waals surface area contributed by atoms with Crippen molar-refractivity contribution in [3.63, 3.8) is 0 Å². The summed E-state index contributed by atoms with van der Waals surface area (Å²) >= 11 is 5.81. The van der Waals surface area contributed by atoms with Gasteiger partial charge in [0.2, 0.25) is 0 Å². The molecule has 4 heteroatoms. The summed E-state index contributed by atoms with van der Waals surface area (Å²) in [7, 11) is 1.31. The maximum absolute atomic E-state index is 12.0. The van der Waals surface area contributed by atoms with Crippen molar-refractivity contribution in [1.82, 2.24) is 0 Å². The monoisotopic (exact) mass is 252 g/mol. The van der Waals surface area contributed by atoms with Crippen LogP contribution in [0.4, 0.5) is 0 Å². The first-order chi connectivity index (χ1) is 8.11. The molecular weight excluding hydrogens is 240 g/mol. The molecule has 90 valence electrons. The molecule has 1 aromatic rings. The van der Waals surface area contributed by atoms with Crippen LogP contribution in [0, 0.1) is 0 Å². The number of halogens is 1. The number of benzene rings is 1. The third-order valence-corrected chi connectivity index (χ3v) is 3.55. The van der Waals surface area contributed by atoms with Gasteiger partial charge in [-0.2, -0.15) is 0 Å². The molecule has 1 aliphatic rings. The van der Waals surface area contributed by atoms with E-state index >= 15 is 0 Å². The lowest BCUT2D eigenvalue weighted by molar-refractivity contribution is -0.150. The standard InChI is InChI=1S/C13H13ClO3/c1-17-12(16)13(8-2-3-11(13)15)9-4-6-10(14)7-5-9/h4-7H,2-3,8H2,1H3/t13-/m0/s1. The SMILES string of the molecule is COC(=O)[C@]1(c2ccc(Cl)cc2)CCCC1=O. The summed E-state index contributed by atoms with van der Waals surface area (Å²) in [6.45, 7) is 0. The van der Waals surface area contributed by atoms with Crippen LogP contribution in [-0.4, -0.2) is 18.9 Å². The zero-order valence-electron chi connectivity index (χ0n) is 9.53. The number of Topliss-reactive ketones (excluding diaryl/α,β-unsaturated/α-hetero) is 1. The van der Waals surface area contributed by atoms with Crippen molar-refractivity contribution in [2.45, 2.75) is 24.7 Å². The van der Waals surface area contributed by atoms with Crippen LogP contribution in [0.5, 0.6) is 0 Å². The molecule has 0 heterocycles. The number of hydrogen-bond acceptors (Lipinski definition) is 3. The maximum Gasteiger partial charge on any atom is 0.323 e. The number of ketones is 1. The molecule has 0 spiro atoms. The van der Waals surface area contributed by atoms with Gasteiger partial charge in [0, 0.05) is 11.4 Å². The van der Waals surface area contributed by atoms with Crippen LogP contribution < -0.4 is 0 Å². The number of methoxy groups -OCH3 is 1. The van der Waals surface area contributed by atoms with E-state index in [0.717, 1.165) is 6.42 Å². The Morgan fingerprint density at radius 2 is 2.00 bits per heavy atom. The van der Waals surface area contributed by atoms with E-state index in [1.165, 1.54) is 7.11 Å². The molecule has 0 unspecified atom stereocenters. The molecule has 1 atom stereocenters. The first-order valence-corrected chi connectivity index (χ1v) is 5.87. The molecule has 1 saturated carbocycles. The van der Waals surface area contributed by atoms with Crippen LogP contribution in [-0.2, 0) is 19.7 Å². The van der Waals surface area contributed by atoms with Crippen molar-refractivity contribution in [2.75, 3.05) is 7.11 Å². The van der Waals surface area contributed by atoms with E-state index in [2.05, 4.69) is 0 Å². The maximum atomic E-state index is 12.0. The molecule has 17 heavy (non-hydrogen) atoms. The van der Waals surface area contributed by atoms with E-state index in [0.29, 0.717) is 23.4 Å².